The molecule has 1 aromatic heterocycles. The summed E-state index contributed by atoms with van der Waals surface area (Å²) in [7, 11) is -1.08. The molecule has 0 radical (unpaired) electrons. The van der Waals surface area contributed by atoms with E-state index in [9.17, 15) is 9.00 Å². The molecule has 1 atom stereocenters. The van der Waals surface area contributed by atoms with Crippen LogP contribution in [-0.4, -0.2) is 26.2 Å². The highest BCUT2D eigenvalue weighted by Gasteiger charge is 2.31. The molecule has 6 heteroatoms. The minimum absolute atomic E-state index is 0.191. The van der Waals surface area contributed by atoms with E-state index in [0.717, 1.165) is 18.5 Å². The number of benzene rings is 1. The fourth-order valence-electron chi connectivity index (χ4n) is 2.60. The van der Waals surface area contributed by atoms with Gasteiger partial charge in [0, 0.05) is 33.6 Å². The van der Waals surface area contributed by atoms with Gasteiger partial charge in [-0.3, -0.25) is 13.7 Å². The summed E-state index contributed by atoms with van der Waals surface area (Å²) < 4.78 is 13.4. The predicted octanol–water partition coefficient (Wildman–Crippen LogP) is 3.51. The van der Waals surface area contributed by atoms with Crippen molar-refractivity contribution in [2.75, 3.05) is 11.6 Å². The number of anilines is 1. The molecule has 1 fully saturated rings. The first-order chi connectivity index (χ1) is 11.3. The van der Waals surface area contributed by atoms with Crippen molar-refractivity contribution in [1.29, 1.82) is 0 Å². The normalized spacial score (nSPS) is 16.0. The van der Waals surface area contributed by atoms with Crippen LogP contribution in [0.1, 0.15) is 55.7 Å². The van der Waals surface area contributed by atoms with Gasteiger partial charge in [-0.05, 0) is 57.9 Å². The molecule has 3 rings (SSSR count). The standard InChI is InChI=1S/C18H23N3O2S/c1-18(2,3)21-16(11-15(20-21)12-8-9-12)17(22)19-13-6-5-7-14(10-13)24(4)23/h5-7,10-12H,8-9H2,1-4H3,(H,19,22). The molecule has 1 N–H and O–H groups in total. The number of nitrogens with one attached hydrogen (secondary N) is 1. The van der Waals surface area contributed by atoms with Crippen molar-refractivity contribution >= 4 is 22.4 Å². The third kappa shape index (κ3) is 3.59. The highest BCUT2D eigenvalue weighted by molar-refractivity contribution is 7.84. The number of carbonyl (C=O) groups is 1. The number of carbonyl (C=O) groups excluding carboxylic acids is 1. The molecule has 1 heterocycles. The summed E-state index contributed by atoms with van der Waals surface area (Å²) in [5.74, 6) is 0.300. The maximum atomic E-state index is 12.8. The summed E-state index contributed by atoms with van der Waals surface area (Å²) in [4.78, 5) is 13.5. The zero-order valence-corrected chi connectivity index (χ0v) is 15.3. The monoisotopic (exact) mass is 345 g/mol. The fourth-order valence-corrected chi connectivity index (χ4v) is 3.16. The summed E-state index contributed by atoms with van der Waals surface area (Å²) in [5.41, 5.74) is 1.93. The van der Waals surface area contributed by atoms with E-state index in [4.69, 9.17) is 0 Å². The average Bonchev–Trinajstić information content (AvgIpc) is 3.24. The van der Waals surface area contributed by atoms with Crippen molar-refractivity contribution in [1.82, 2.24) is 9.78 Å². The molecule has 1 amide bonds. The first kappa shape index (κ1) is 16.9. The second-order valence-corrected chi connectivity index (χ2v) is 8.63. The Morgan fingerprint density at radius 3 is 2.58 bits per heavy atom. The van der Waals surface area contributed by atoms with Gasteiger partial charge in [0.15, 0.2) is 0 Å². The Hall–Kier alpha value is -1.95. The van der Waals surface area contributed by atoms with Crippen LogP contribution in [0.5, 0.6) is 0 Å². The zero-order chi connectivity index (χ0) is 17.5. The quantitative estimate of drug-likeness (QED) is 0.922. The lowest BCUT2D eigenvalue weighted by Crippen LogP contribution is -2.29. The first-order valence-electron chi connectivity index (χ1n) is 8.11. The van der Waals surface area contributed by atoms with E-state index in [2.05, 4.69) is 10.4 Å². The highest BCUT2D eigenvalue weighted by Crippen LogP contribution is 2.40. The molecule has 24 heavy (non-hydrogen) atoms. The van der Waals surface area contributed by atoms with E-state index in [1.54, 1.807) is 35.2 Å². The number of amides is 1. The molecule has 0 bridgehead atoms. The lowest BCUT2D eigenvalue weighted by atomic mass is 10.1. The Balaban J connectivity index is 1.89. The number of hydrogen-bond donors (Lipinski definition) is 1. The predicted molar refractivity (Wildman–Crippen MR) is 95.9 cm³/mol. The van der Waals surface area contributed by atoms with Crippen LogP contribution in [0.2, 0.25) is 0 Å². The Kier molecular flexibility index (Phi) is 4.34. The average molecular weight is 345 g/mol. The third-order valence-corrected chi connectivity index (χ3v) is 4.93. The van der Waals surface area contributed by atoms with Crippen LogP contribution in [0.15, 0.2) is 35.2 Å². The van der Waals surface area contributed by atoms with Crippen LogP contribution in [0.3, 0.4) is 0 Å². The smallest absolute Gasteiger partial charge is 0.273 e. The van der Waals surface area contributed by atoms with Gasteiger partial charge in [-0.25, -0.2) is 0 Å². The maximum Gasteiger partial charge on any atom is 0.273 e. The second kappa shape index (κ2) is 6.16. The van der Waals surface area contributed by atoms with E-state index in [-0.39, 0.29) is 11.4 Å². The molecule has 0 saturated heterocycles. The lowest BCUT2D eigenvalue weighted by molar-refractivity contribution is 0.100. The van der Waals surface area contributed by atoms with E-state index in [1.165, 1.54) is 0 Å². The van der Waals surface area contributed by atoms with Crippen molar-refractivity contribution in [2.24, 2.45) is 0 Å². The molecular weight excluding hydrogens is 322 g/mol. The van der Waals surface area contributed by atoms with Crippen LogP contribution in [0.4, 0.5) is 5.69 Å². The van der Waals surface area contributed by atoms with Gasteiger partial charge in [0.05, 0.1) is 11.2 Å². The van der Waals surface area contributed by atoms with Crippen LogP contribution in [0.25, 0.3) is 0 Å². The second-order valence-electron chi connectivity index (χ2n) is 7.25. The van der Waals surface area contributed by atoms with Gasteiger partial charge in [0.25, 0.3) is 5.91 Å². The molecule has 0 aliphatic heterocycles. The summed E-state index contributed by atoms with van der Waals surface area (Å²) in [6.45, 7) is 6.11. The van der Waals surface area contributed by atoms with Gasteiger partial charge >= 0.3 is 0 Å². The van der Waals surface area contributed by atoms with E-state index in [0.29, 0.717) is 22.2 Å². The summed E-state index contributed by atoms with van der Waals surface area (Å²) in [6.07, 6.45) is 3.91. The minimum Gasteiger partial charge on any atom is -0.321 e. The topological polar surface area (TPSA) is 64.0 Å². The molecule has 2 aromatic rings. The number of aromatic nitrogens is 2. The SMILES string of the molecule is CS(=O)c1cccc(NC(=O)c2cc(C3CC3)nn2C(C)(C)C)c1. The lowest BCUT2D eigenvalue weighted by Gasteiger charge is -2.22. The van der Waals surface area contributed by atoms with Gasteiger partial charge in [-0.2, -0.15) is 5.10 Å². The van der Waals surface area contributed by atoms with Crippen LogP contribution in [0, 0.1) is 0 Å². The molecule has 1 aliphatic carbocycles. The largest absolute Gasteiger partial charge is 0.321 e. The van der Waals surface area contributed by atoms with E-state index >= 15 is 0 Å². The van der Waals surface area contributed by atoms with Crippen molar-refractivity contribution in [3.63, 3.8) is 0 Å². The molecular formula is C18H23N3O2S. The zero-order valence-electron chi connectivity index (χ0n) is 14.5. The Labute approximate surface area is 144 Å². The summed E-state index contributed by atoms with van der Waals surface area (Å²) >= 11 is 0. The van der Waals surface area contributed by atoms with Crippen molar-refractivity contribution in [2.45, 2.75) is 50.0 Å². The molecule has 5 nitrogen and oxygen atoms in total. The van der Waals surface area contributed by atoms with Gasteiger partial charge in [-0.1, -0.05) is 6.07 Å². The number of hydrogen-bond acceptors (Lipinski definition) is 3. The van der Waals surface area contributed by atoms with Gasteiger partial charge in [-0.15, -0.1) is 0 Å². The molecule has 1 aromatic carbocycles. The van der Waals surface area contributed by atoms with E-state index < -0.39 is 10.8 Å². The first-order valence-corrected chi connectivity index (χ1v) is 9.67. The maximum absolute atomic E-state index is 12.8. The molecule has 1 unspecified atom stereocenters. The molecule has 1 saturated carbocycles. The molecule has 128 valence electrons. The van der Waals surface area contributed by atoms with Gasteiger partial charge in [0.1, 0.15) is 5.69 Å². The van der Waals surface area contributed by atoms with Crippen LogP contribution in [-0.2, 0) is 16.3 Å². The highest BCUT2D eigenvalue weighted by atomic mass is 32.2. The van der Waals surface area contributed by atoms with Crippen molar-refractivity contribution in [3.05, 3.63) is 41.7 Å². The Morgan fingerprint density at radius 2 is 2.00 bits per heavy atom. The van der Waals surface area contributed by atoms with Gasteiger partial charge in [0.2, 0.25) is 0 Å². The van der Waals surface area contributed by atoms with Crippen molar-refractivity contribution < 1.29 is 9.00 Å². The Morgan fingerprint density at radius 1 is 1.29 bits per heavy atom. The fraction of sp³-hybridized carbons (Fsp3) is 0.444. The Bertz CT molecular complexity index is 801. The van der Waals surface area contributed by atoms with Crippen molar-refractivity contribution in [3.8, 4) is 0 Å². The minimum atomic E-state index is -1.08. The molecule has 0 spiro atoms. The third-order valence-electron chi connectivity index (χ3n) is 4.02. The molecule has 1 aliphatic rings. The van der Waals surface area contributed by atoms with Gasteiger partial charge < -0.3 is 5.32 Å². The summed E-state index contributed by atoms with van der Waals surface area (Å²) in [6, 6.07) is 9.03. The van der Waals surface area contributed by atoms with Crippen LogP contribution >= 0.6 is 0 Å². The summed E-state index contributed by atoms with van der Waals surface area (Å²) in [5, 5.41) is 7.56. The van der Waals surface area contributed by atoms with Crippen LogP contribution < -0.4 is 5.32 Å². The number of rotatable bonds is 4. The van der Waals surface area contributed by atoms with E-state index in [1.807, 2.05) is 26.8 Å². The number of nitrogens with zero attached hydrogens (tertiary/aromatic N) is 2.